The summed E-state index contributed by atoms with van der Waals surface area (Å²) in [4.78, 5) is 26.3. The van der Waals surface area contributed by atoms with Crippen LogP contribution >= 0.6 is 0 Å². The number of unbranched alkanes of at least 4 members (excludes halogenated alkanes) is 38. The van der Waals surface area contributed by atoms with Crippen LogP contribution in [0, 0.1) is 0 Å². The highest BCUT2D eigenvalue weighted by atomic mass is 16.5. The lowest BCUT2D eigenvalue weighted by molar-refractivity contribution is -0.151. The molecule has 69 heavy (non-hydrogen) atoms. The third-order valence-electron chi connectivity index (χ3n) is 14.2. The molecule has 406 valence electrons. The highest BCUT2D eigenvalue weighted by molar-refractivity contribution is 5.77. The summed E-state index contributed by atoms with van der Waals surface area (Å²) in [5, 5.41) is 23.9. The molecule has 3 atom stereocenters. The molecule has 3 unspecified atom stereocenters. The van der Waals surface area contributed by atoms with Gasteiger partial charge in [0.2, 0.25) is 5.91 Å². The molecule has 0 rings (SSSR count). The summed E-state index contributed by atoms with van der Waals surface area (Å²) in [6.07, 6.45) is 69.3. The van der Waals surface area contributed by atoms with Gasteiger partial charge in [0.25, 0.3) is 0 Å². The summed E-state index contributed by atoms with van der Waals surface area (Å²) in [6, 6.07) is -0.705. The van der Waals surface area contributed by atoms with Crippen LogP contribution in [0.4, 0.5) is 0 Å². The van der Waals surface area contributed by atoms with Crippen molar-refractivity contribution in [1.29, 1.82) is 0 Å². The van der Waals surface area contributed by atoms with Crippen LogP contribution in [0.5, 0.6) is 0 Å². The maximum absolute atomic E-state index is 13.3. The normalized spacial score (nSPS) is 13.3. The molecule has 0 aromatic heterocycles. The number of rotatable bonds is 56. The fourth-order valence-corrected chi connectivity index (χ4v) is 9.52. The fraction of sp³-hybridized carbons (Fsp3) is 0.873. The lowest BCUT2D eigenvalue weighted by Crippen LogP contribution is -2.46. The summed E-state index contributed by atoms with van der Waals surface area (Å²) in [7, 11) is 0. The smallest absolute Gasteiger partial charge is 0.306 e. The zero-order valence-corrected chi connectivity index (χ0v) is 46.5. The van der Waals surface area contributed by atoms with Crippen LogP contribution in [0.25, 0.3) is 0 Å². The first-order chi connectivity index (χ1) is 34.0. The van der Waals surface area contributed by atoms with Gasteiger partial charge in [0.1, 0.15) is 6.10 Å². The van der Waals surface area contributed by atoms with Crippen LogP contribution < -0.4 is 5.32 Å². The Balaban J connectivity index is 4.55. The van der Waals surface area contributed by atoms with Crippen molar-refractivity contribution in [2.45, 2.75) is 347 Å². The van der Waals surface area contributed by atoms with E-state index in [4.69, 9.17) is 4.74 Å². The number of aliphatic hydroxyl groups is 2. The average Bonchev–Trinajstić information content (AvgIpc) is 3.34. The summed E-state index contributed by atoms with van der Waals surface area (Å²) in [5.74, 6) is -0.474. The molecule has 0 aliphatic carbocycles. The Kier molecular flexibility index (Phi) is 55.4. The van der Waals surface area contributed by atoms with Crippen molar-refractivity contribution in [3.63, 3.8) is 0 Å². The first-order valence-corrected chi connectivity index (χ1v) is 30.7. The van der Waals surface area contributed by atoms with Crippen molar-refractivity contribution >= 4 is 11.9 Å². The minimum absolute atomic E-state index is 0.0722. The maximum atomic E-state index is 13.3. The number of aliphatic hydroxyl groups excluding tert-OH is 2. The SMILES string of the molecule is CCCCC/C=C\C/C=C\CCCCCCCCCC(CC(=O)NC(CO)C(O)CCCCCCCCCCCCCCCCC)OC(=O)CCCCCCC/C=C/CCCCCCCCCCC. The Hall–Kier alpha value is -1.92. The topological polar surface area (TPSA) is 95.9 Å². The van der Waals surface area contributed by atoms with Gasteiger partial charge >= 0.3 is 5.97 Å². The standard InChI is InChI=1S/C63H119NO5/c1-4-7-10-13-16-19-22-25-28-30-32-35-38-41-44-47-50-53-56-63(68)69-59(54-51-48-45-42-39-36-34-31-29-26-23-20-17-14-11-8-5-2)57-62(67)64-60(58-65)61(66)55-52-49-46-43-40-37-33-27-24-21-18-15-12-9-6-3/h17,20,26,29,32,35,59-61,65-66H,4-16,18-19,21-25,27-28,30-31,33-34,36-58H2,1-3H3,(H,64,67)/b20-17-,29-26-,35-32+. The first-order valence-electron chi connectivity index (χ1n) is 30.7. The van der Waals surface area contributed by atoms with E-state index >= 15 is 0 Å². The number of ether oxygens (including phenoxy) is 1. The summed E-state index contributed by atoms with van der Waals surface area (Å²) >= 11 is 0. The van der Waals surface area contributed by atoms with Gasteiger partial charge < -0.3 is 20.3 Å². The predicted molar refractivity (Wildman–Crippen MR) is 301 cm³/mol. The van der Waals surface area contributed by atoms with Crippen molar-refractivity contribution in [2.75, 3.05) is 6.61 Å². The van der Waals surface area contributed by atoms with Gasteiger partial charge in [-0.15, -0.1) is 0 Å². The van der Waals surface area contributed by atoms with Crippen LogP contribution in [0.3, 0.4) is 0 Å². The summed E-state index contributed by atoms with van der Waals surface area (Å²) in [6.45, 7) is 6.50. The number of nitrogens with one attached hydrogen (secondary N) is 1. The molecule has 0 spiro atoms. The monoisotopic (exact) mass is 970 g/mol. The molecule has 6 heteroatoms. The Morgan fingerprint density at radius 2 is 0.739 bits per heavy atom. The quantitative estimate of drug-likeness (QED) is 0.0321. The highest BCUT2D eigenvalue weighted by Gasteiger charge is 2.24. The van der Waals surface area contributed by atoms with Gasteiger partial charge in [0.15, 0.2) is 0 Å². The van der Waals surface area contributed by atoms with E-state index in [1.807, 2.05) is 0 Å². The van der Waals surface area contributed by atoms with E-state index in [9.17, 15) is 19.8 Å². The molecule has 0 saturated heterocycles. The van der Waals surface area contributed by atoms with E-state index in [0.717, 1.165) is 70.6 Å². The highest BCUT2D eigenvalue weighted by Crippen LogP contribution is 2.19. The zero-order chi connectivity index (χ0) is 50.2. The van der Waals surface area contributed by atoms with Gasteiger partial charge in [-0.25, -0.2) is 0 Å². The van der Waals surface area contributed by atoms with Crippen LogP contribution in [0.15, 0.2) is 36.5 Å². The molecule has 0 saturated carbocycles. The molecule has 0 aliphatic rings. The van der Waals surface area contributed by atoms with Gasteiger partial charge in [-0.1, -0.05) is 269 Å². The third kappa shape index (κ3) is 52.2. The number of hydrogen-bond acceptors (Lipinski definition) is 5. The maximum Gasteiger partial charge on any atom is 0.306 e. The average molecular weight is 971 g/mol. The Morgan fingerprint density at radius 3 is 1.14 bits per heavy atom. The second-order valence-corrected chi connectivity index (χ2v) is 21.1. The summed E-state index contributed by atoms with van der Waals surface area (Å²) < 4.78 is 5.97. The molecule has 1 amide bonds. The fourth-order valence-electron chi connectivity index (χ4n) is 9.52. The van der Waals surface area contributed by atoms with Gasteiger partial charge in [0.05, 0.1) is 25.2 Å². The van der Waals surface area contributed by atoms with E-state index in [1.54, 1.807) is 0 Å². The molecule has 3 N–H and O–H groups in total. The molecule has 0 fully saturated rings. The largest absolute Gasteiger partial charge is 0.462 e. The molecule has 6 nitrogen and oxygen atoms in total. The van der Waals surface area contributed by atoms with E-state index in [2.05, 4.69) is 62.5 Å². The number of carbonyl (C=O) groups is 2. The molecule has 0 radical (unpaired) electrons. The van der Waals surface area contributed by atoms with Crippen LogP contribution in [0.1, 0.15) is 329 Å². The van der Waals surface area contributed by atoms with Gasteiger partial charge in [0, 0.05) is 6.42 Å². The number of allylic oxidation sites excluding steroid dienone is 6. The minimum atomic E-state index is -0.791. The number of esters is 1. The number of carbonyl (C=O) groups excluding carboxylic acids is 2. The van der Waals surface area contributed by atoms with E-state index in [0.29, 0.717) is 19.3 Å². The second kappa shape index (κ2) is 57.0. The summed E-state index contributed by atoms with van der Waals surface area (Å²) in [5.41, 5.74) is 0. The lowest BCUT2D eigenvalue weighted by atomic mass is 10.0. The van der Waals surface area contributed by atoms with Crippen molar-refractivity contribution in [1.82, 2.24) is 5.32 Å². The third-order valence-corrected chi connectivity index (χ3v) is 14.2. The second-order valence-electron chi connectivity index (χ2n) is 21.1. The van der Waals surface area contributed by atoms with Gasteiger partial charge in [-0.2, -0.15) is 0 Å². The zero-order valence-electron chi connectivity index (χ0n) is 46.5. The number of amides is 1. The van der Waals surface area contributed by atoms with Crippen LogP contribution in [-0.2, 0) is 14.3 Å². The predicted octanol–water partition coefficient (Wildman–Crippen LogP) is 19.2. The molecular formula is C63H119NO5. The molecule has 0 aromatic rings. The van der Waals surface area contributed by atoms with E-state index in [-0.39, 0.29) is 24.9 Å². The Labute approximate surface area is 430 Å². The van der Waals surface area contributed by atoms with E-state index in [1.165, 1.54) is 212 Å². The minimum Gasteiger partial charge on any atom is -0.462 e. The van der Waals surface area contributed by atoms with Crippen molar-refractivity contribution in [3.05, 3.63) is 36.5 Å². The van der Waals surface area contributed by atoms with Crippen LogP contribution in [-0.4, -0.2) is 46.9 Å². The first kappa shape index (κ1) is 67.1. The molecular weight excluding hydrogens is 851 g/mol. The molecule has 0 bridgehead atoms. The molecule has 0 aromatic carbocycles. The number of hydrogen-bond donors (Lipinski definition) is 3. The molecule has 0 heterocycles. The van der Waals surface area contributed by atoms with Crippen LogP contribution in [0.2, 0.25) is 0 Å². The van der Waals surface area contributed by atoms with E-state index < -0.39 is 18.2 Å². The van der Waals surface area contributed by atoms with Crippen molar-refractivity contribution in [3.8, 4) is 0 Å². The van der Waals surface area contributed by atoms with Crippen molar-refractivity contribution < 1.29 is 24.5 Å². The lowest BCUT2D eigenvalue weighted by Gasteiger charge is -2.24. The molecule has 0 aliphatic heterocycles. The van der Waals surface area contributed by atoms with Gasteiger partial charge in [-0.05, 0) is 83.5 Å². The Morgan fingerprint density at radius 1 is 0.420 bits per heavy atom. The Bertz CT molecular complexity index is 1130. The van der Waals surface area contributed by atoms with Crippen molar-refractivity contribution in [2.24, 2.45) is 0 Å². The van der Waals surface area contributed by atoms with Gasteiger partial charge in [-0.3, -0.25) is 9.59 Å².